The third-order valence-corrected chi connectivity index (χ3v) is 4.02. The van der Waals surface area contributed by atoms with Crippen LogP contribution in [-0.2, 0) is 6.42 Å². The summed E-state index contributed by atoms with van der Waals surface area (Å²) in [5.74, 6) is 1.26. The molecule has 1 atom stereocenters. The fourth-order valence-electron chi connectivity index (χ4n) is 2.58. The zero-order valence-electron chi connectivity index (χ0n) is 16.6. The summed E-state index contributed by atoms with van der Waals surface area (Å²) in [5.41, 5.74) is 8.25. The number of hydrogen-bond acceptors (Lipinski definition) is 3. The normalized spacial score (nSPS) is 12.6. The molecule has 0 aromatic heterocycles. The van der Waals surface area contributed by atoms with Crippen LogP contribution in [0, 0.1) is 0 Å². The minimum absolute atomic E-state index is 0. The van der Waals surface area contributed by atoms with E-state index in [9.17, 15) is 0 Å². The highest BCUT2D eigenvalue weighted by Gasteiger charge is 2.12. The summed E-state index contributed by atoms with van der Waals surface area (Å²) in [6.07, 6.45) is 1.10. The number of nitrogens with zero attached hydrogens (tertiary/aromatic N) is 2. The van der Waals surface area contributed by atoms with Crippen molar-refractivity contribution in [1.82, 2.24) is 4.90 Å². The highest BCUT2D eigenvalue weighted by Crippen LogP contribution is 2.16. The average Bonchev–Trinajstić information content (AvgIpc) is 2.60. The van der Waals surface area contributed by atoms with E-state index in [1.54, 1.807) is 0 Å². The first-order valence-electron chi connectivity index (χ1n) is 8.98. The first-order valence-corrected chi connectivity index (χ1v) is 8.98. The molecule has 27 heavy (non-hydrogen) atoms. The molecule has 5 nitrogen and oxygen atoms in total. The quantitative estimate of drug-likeness (QED) is 0.340. The molecule has 0 fully saturated rings. The van der Waals surface area contributed by atoms with Crippen molar-refractivity contribution in [1.29, 1.82) is 0 Å². The number of ether oxygens (including phenoxy) is 1. The Morgan fingerprint density at radius 2 is 1.70 bits per heavy atom. The van der Waals surface area contributed by atoms with E-state index < -0.39 is 0 Å². The Morgan fingerprint density at radius 3 is 2.26 bits per heavy atom. The molecule has 0 amide bonds. The van der Waals surface area contributed by atoms with Crippen molar-refractivity contribution in [3.05, 3.63) is 60.2 Å². The molecule has 1 unspecified atom stereocenters. The molecule has 0 spiro atoms. The second-order valence-electron chi connectivity index (χ2n) is 6.85. The predicted octanol–water partition coefficient (Wildman–Crippen LogP) is 3.99. The van der Waals surface area contributed by atoms with Crippen LogP contribution in [0.2, 0.25) is 0 Å². The number of nitrogens with one attached hydrogen (secondary N) is 1. The molecule has 0 heterocycles. The maximum atomic E-state index is 6.06. The third-order valence-electron chi connectivity index (χ3n) is 4.02. The number of rotatable bonds is 8. The van der Waals surface area contributed by atoms with Gasteiger partial charge >= 0.3 is 0 Å². The Hall–Kier alpha value is -1.80. The molecule has 0 bridgehead atoms. The Balaban J connectivity index is 0.00000364. The van der Waals surface area contributed by atoms with Crippen LogP contribution in [0.15, 0.2) is 59.6 Å². The molecule has 0 aliphatic rings. The monoisotopic (exact) mass is 482 g/mol. The zero-order valence-corrected chi connectivity index (χ0v) is 18.9. The SMILES string of the molecule is CC(C)Oc1ccc(NC(N)=NCC(Cc2ccccc2)N(C)C)cc1.I. The van der Waals surface area contributed by atoms with Gasteiger partial charge in [0, 0.05) is 11.7 Å². The van der Waals surface area contributed by atoms with Gasteiger partial charge in [-0.3, -0.25) is 4.99 Å². The van der Waals surface area contributed by atoms with E-state index in [1.807, 2.05) is 44.2 Å². The number of anilines is 1. The third kappa shape index (κ3) is 8.62. The van der Waals surface area contributed by atoms with Crippen LogP contribution in [0.3, 0.4) is 0 Å². The van der Waals surface area contributed by atoms with Gasteiger partial charge in [0.05, 0.1) is 12.6 Å². The number of guanidine groups is 1. The molecule has 0 saturated heterocycles. The molecular formula is C21H31IN4O. The average molecular weight is 482 g/mol. The number of aliphatic imine (C=N–C) groups is 1. The van der Waals surface area contributed by atoms with Crippen LogP contribution in [0.1, 0.15) is 19.4 Å². The number of halogens is 1. The van der Waals surface area contributed by atoms with E-state index in [-0.39, 0.29) is 30.1 Å². The van der Waals surface area contributed by atoms with E-state index in [1.165, 1.54) is 5.56 Å². The highest BCUT2D eigenvalue weighted by molar-refractivity contribution is 14.0. The largest absolute Gasteiger partial charge is 0.491 e. The van der Waals surface area contributed by atoms with E-state index in [0.29, 0.717) is 18.5 Å². The topological polar surface area (TPSA) is 62.9 Å². The summed E-state index contributed by atoms with van der Waals surface area (Å²) < 4.78 is 5.64. The lowest BCUT2D eigenvalue weighted by Gasteiger charge is -2.23. The standard InChI is InChI=1S/C21H30N4O.HI/c1-16(2)26-20-12-10-18(11-13-20)24-21(22)23-15-19(25(3)4)14-17-8-6-5-7-9-17;/h5-13,16,19H,14-15H2,1-4H3,(H3,22,23,24);1H. The Kier molecular flexibility index (Phi) is 10.2. The number of nitrogens with two attached hydrogens (primary N) is 1. The number of likely N-dealkylation sites (N-methyl/N-ethyl adjacent to an activating group) is 1. The summed E-state index contributed by atoms with van der Waals surface area (Å²) in [7, 11) is 4.14. The van der Waals surface area contributed by atoms with Crippen LogP contribution in [0.5, 0.6) is 5.75 Å². The van der Waals surface area contributed by atoms with Crippen LogP contribution >= 0.6 is 24.0 Å². The van der Waals surface area contributed by atoms with Crippen molar-refractivity contribution in [2.45, 2.75) is 32.4 Å². The molecule has 0 aliphatic carbocycles. The van der Waals surface area contributed by atoms with Gasteiger partial charge in [0.25, 0.3) is 0 Å². The van der Waals surface area contributed by atoms with E-state index >= 15 is 0 Å². The van der Waals surface area contributed by atoms with Gasteiger partial charge in [-0.25, -0.2) is 0 Å². The Bertz CT molecular complexity index is 687. The van der Waals surface area contributed by atoms with Crippen LogP contribution in [-0.4, -0.2) is 43.6 Å². The summed E-state index contributed by atoms with van der Waals surface area (Å²) in [6, 6.07) is 18.5. The fourth-order valence-corrected chi connectivity index (χ4v) is 2.58. The Labute approximate surface area is 180 Å². The van der Waals surface area contributed by atoms with Crippen molar-refractivity contribution < 1.29 is 4.74 Å². The molecule has 148 valence electrons. The summed E-state index contributed by atoms with van der Waals surface area (Å²) in [5, 5.41) is 3.13. The molecule has 3 N–H and O–H groups in total. The fraction of sp³-hybridized carbons (Fsp3) is 0.381. The first-order chi connectivity index (χ1) is 12.4. The van der Waals surface area contributed by atoms with Gasteiger partial charge in [-0.05, 0) is 64.2 Å². The van der Waals surface area contributed by atoms with Gasteiger partial charge in [-0.2, -0.15) is 0 Å². The summed E-state index contributed by atoms with van der Waals surface area (Å²) in [6.45, 7) is 4.65. The van der Waals surface area contributed by atoms with Crippen molar-refractivity contribution >= 4 is 35.6 Å². The van der Waals surface area contributed by atoms with Gasteiger partial charge in [-0.15, -0.1) is 24.0 Å². The molecule has 0 radical (unpaired) electrons. The lowest BCUT2D eigenvalue weighted by Crippen LogP contribution is -2.34. The van der Waals surface area contributed by atoms with Crippen molar-refractivity contribution in [2.24, 2.45) is 10.7 Å². The number of benzene rings is 2. The zero-order chi connectivity index (χ0) is 18.9. The van der Waals surface area contributed by atoms with E-state index in [4.69, 9.17) is 10.5 Å². The van der Waals surface area contributed by atoms with Gasteiger partial charge < -0.3 is 20.7 Å². The van der Waals surface area contributed by atoms with Crippen molar-refractivity contribution in [3.8, 4) is 5.75 Å². The second-order valence-corrected chi connectivity index (χ2v) is 6.85. The lowest BCUT2D eigenvalue weighted by molar-refractivity contribution is 0.242. The van der Waals surface area contributed by atoms with Crippen molar-refractivity contribution in [2.75, 3.05) is 26.0 Å². The molecule has 0 aliphatic heterocycles. The maximum Gasteiger partial charge on any atom is 0.193 e. The van der Waals surface area contributed by atoms with E-state index in [0.717, 1.165) is 17.9 Å². The van der Waals surface area contributed by atoms with Crippen LogP contribution in [0.25, 0.3) is 0 Å². The molecule has 2 aromatic carbocycles. The van der Waals surface area contributed by atoms with Gasteiger partial charge in [-0.1, -0.05) is 30.3 Å². The summed E-state index contributed by atoms with van der Waals surface area (Å²) >= 11 is 0. The highest BCUT2D eigenvalue weighted by atomic mass is 127. The minimum Gasteiger partial charge on any atom is -0.491 e. The van der Waals surface area contributed by atoms with Gasteiger partial charge in [0.2, 0.25) is 0 Å². The smallest absolute Gasteiger partial charge is 0.193 e. The predicted molar refractivity (Wildman–Crippen MR) is 125 cm³/mol. The molecule has 6 heteroatoms. The second kappa shape index (κ2) is 11.8. The molecule has 0 saturated carbocycles. The van der Waals surface area contributed by atoms with Crippen LogP contribution in [0.4, 0.5) is 5.69 Å². The molecule has 2 rings (SSSR count). The van der Waals surface area contributed by atoms with Crippen LogP contribution < -0.4 is 15.8 Å². The minimum atomic E-state index is 0. The van der Waals surface area contributed by atoms with Gasteiger partial charge in [0.15, 0.2) is 5.96 Å². The molecular weight excluding hydrogens is 451 g/mol. The van der Waals surface area contributed by atoms with Crippen molar-refractivity contribution in [3.63, 3.8) is 0 Å². The lowest BCUT2D eigenvalue weighted by atomic mass is 10.1. The molecule has 2 aromatic rings. The first kappa shape index (κ1) is 23.2. The summed E-state index contributed by atoms with van der Waals surface area (Å²) in [4.78, 5) is 6.70. The number of hydrogen-bond donors (Lipinski definition) is 2. The maximum absolute atomic E-state index is 6.06. The van der Waals surface area contributed by atoms with Gasteiger partial charge in [0.1, 0.15) is 5.75 Å². The Morgan fingerprint density at radius 1 is 1.07 bits per heavy atom. The van der Waals surface area contributed by atoms with E-state index in [2.05, 4.69) is 53.6 Å².